The molecule has 4 heteroatoms. The minimum absolute atomic E-state index is 0.290. The van der Waals surface area contributed by atoms with Crippen molar-refractivity contribution >= 4 is 29.3 Å². The molecule has 2 nitrogen and oxygen atoms in total. The van der Waals surface area contributed by atoms with Gasteiger partial charge in [-0.2, -0.15) is 11.8 Å². The second kappa shape index (κ2) is 8.02. The van der Waals surface area contributed by atoms with Gasteiger partial charge in [-0.15, -0.1) is 11.3 Å². The van der Waals surface area contributed by atoms with E-state index >= 15 is 0 Å². The van der Waals surface area contributed by atoms with Crippen LogP contribution >= 0.6 is 23.1 Å². The first-order valence-corrected chi connectivity index (χ1v) is 8.27. The number of phenols is 1. The number of benzene rings is 1. The van der Waals surface area contributed by atoms with Crippen molar-refractivity contribution in [2.24, 2.45) is 4.99 Å². The van der Waals surface area contributed by atoms with E-state index < -0.39 is 0 Å². The molecule has 1 heterocycles. The van der Waals surface area contributed by atoms with Crippen LogP contribution in [0, 0.1) is 0 Å². The summed E-state index contributed by atoms with van der Waals surface area (Å²) in [7, 11) is 0. The van der Waals surface area contributed by atoms with Crippen LogP contribution in [0.4, 0.5) is 0 Å². The van der Waals surface area contributed by atoms with Crippen molar-refractivity contribution in [1.29, 1.82) is 0 Å². The molecule has 0 aliphatic carbocycles. The zero-order valence-corrected chi connectivity index (χ0v) is 12.3. The highest BCUT2D eigenvalue weighted by Gasteiger charge is 1.95. The maximum absolute atomic E-state index is 9.56. The predicted octanol–water partition coefficient (Wildman–Crippen LogP) is 4.20. The van der Waals surface area contributed by atoms with Crippen LogP contribution in [-0.2, 0) is 5.75 Å². The van der Waals surface area contributed by atoms with Gasteiger partial charge in [-0.05, 0) is 35.8 Å². The summed E-state index contributed by atoms with van der Waals surface area (Å²) < 4.78 is 0. The number of nitrogens with zero attached hydrogens (tertiary/aromatic N) is 1. The highest BCUT2D eigenvalue weighted by Crippen LogP contribution is 2.17. The molecule has 1 N–H and O–H groups in total. The van der Waals surface area contributed by atoms with E-state index in [1.54, 1.807) is 12.3 Å². The lowest BCUT2D eigenvalue weighted by atomic mass is 10.2. The topological polar surface area (TPSA) is 32.6 Å². The summed E-state index contributed by atoms with van der Waals surface area (Å²) in [6.45, 7) is 0.811. The minimum atomic E-state index is 0.290. The van der Waals surface area contributed by atoms with Crippen molar-refractivity contribution in [2.45, 2.75) is 12.2 Å². The number of hydrogen-bond acceptors (Lipinski definition) is 4. The smallest absolute Gasteiger partial charge is 0.124 e. The van der Waals surface area contributed by atoms with Crippen molar-refractivity contribution in [2.75, 3.05) is 12.3 Å². The molecular formula is C15H17NOS2. The first-order chi connectivity index (χ1) is 9.36. The highest BCUT2D eigenvalue weighted by atomic mass is 32.2. The SMILES string of the molecule is Oc1ccccc1C=NCCCSCc1cccs1. The molecule has 0 unspecified atom stereocenters. The first kappa shape index (κ1) is 14.2. The molecular weight excluding hydrogens is 274 g/mol. The lowest BCUT2D eigenvalue weighted by Gasteiger charge is -1.99. The van der Waals surface area contributed by atoms with Gasteiger partial charge in [-0.25, -0.2) is 0 Å². The largest absolute Gasteiger partial charge is 0.507 e. The molecule has 1 aromatic heterocycles. The van der Waals surface area contributed by atoms with Crippen LogP contribution in [0.2, 0.25) is 0 Å². The van der Waals surface area contributed by atoms with Gasteiger partial charge in [-0.3, -0.25) is 4.99 Å². The molecule has 0 fully saturated rings. The summed E-state index contributed by atoms with van der Waals surface area (Å²) >= 11 is 3.76. The number of rotatable bonds is 7. The van der Waals surface area contributed by atoms with Crippen molar-refractivity contribution in [3.8, 4) is 5.75 Å². The molecule has 0 bridgehead atoms. The van der Waals surface area contributed by atoms with Gasteiger partial charge in [-0.1, -0.05) is 18.2 Å². The molecule has 0 saturated heterocycles. The Labute approximate surface area is 122 Å². The average molecular weight is 291 g/mol. The highest BCUT2D eigenvalue weighted by molar-refractivity contribution is 7.98. The van der Waals surface area contributed by atoms with E-state index in [1.165, 1.54) is 4.88 Å². The molecule has 0 radical (unpaired) electrons. The number of para-hydroxylation sites is 1. The maximum atomic E-state index is 9.56. The van der Waals surface area contributed by atoms with Crippen molar-refractivity contribution in [3.05, 3.63) is 52.2 Å². The normalized spacial score (nSPS) is 11.2. The molecule has 1 aromatic carbocycles. The molecule has 100 valence electrons. The lowest BCUT2D eigenvalue weighted by Crippen LogP contribution is -1.88. The third-order valence-corrected chi connectivity index (χ3v) is 4.72. The Morgan fingerprint density at radius 2 is 2.11 bits per heavy atom. The average Bonchev–Trinajstić information content (AvgIpc) is 2.93. The number of phenolic OH excluding ortho intramolecular Hbond substituents is 1. The number of aromatic hydroxyl groups is 1. The van der Waals surface area contributed by atoms with Gasteiger partial charge < -0.3 is 5.11 Å². The molecule has 0 aliphatic rings. The Balaban J connectivity index is 1.60. The molecule has 0 amide bonds. The summed E-state index contributed by atoms with van der Waals surface area (Å²) in [4.78, 5) is 5.77. The van der Waals surface area contributed by atoms with E-state index in [9.17, 15) is 5.11 Å². The van der Waals surface area contributed by atoms with Gasteiger partial charge in [0.15, 0.2) is 0 Å². The summed E-state index contributed by atoms with van der Waals surface area (Å²) in [5, 5.41) is 11.7. The number of aliphatic imine (C=N–C) groups is 1. The lowest BCUT2D eigenvalue weighted by molar-refractivity contribution is 0.474. The fourth-order valence-corrected chi connectivity index (χ4v) is 3.37. The Hall–Kier alpha value is -1.26. The molecule has 2 rings (SSSR count). The Morgan fingerprint density at radius 1 is 1.21 bits per heavy atom. The molecule has 19 heavy (non-hydrogen) atoms. The fraction of sp³-hybridized carbons (Fsp3) is 0.267. The Bertz CT molecular complexity index is 509. The fourth-order valence-electron chi connectivity index (χ4n) is 1.58. The van der Waals surface area contributed by atoms with E-state index in [2.05, 4.69) is 22.5 Å². The number of hydrogen-bond donors (Lipinski definition) is 1. The third-order valence-electron chi connectivity index (χ3n) is 2.57. The second-order valence-electron chi connectivity index (χ2n) is 4.08. The second-order valence-corrected chi connectivity index (χ2v) is 6.22. The van der Waals surface area contributed by atoms with Gasteiger partial charge in [0.05, 0.1) is 0 Å². The van der Waals surface area contributed by atoms with Crippen LogP contribution in [0.1, 0.15) is 16.9 Å². The van der Waals surface area contributed by atoms with Crippen molar-refractivity contribution in [1.82, 2.24) is 0 Å². The van der Waals surface area contributed by atoms with Gasteiger partial charge in [0.25, 0.3) is 0 Å². The zero-order valence-electron chi connectivity index (χ0n) is 10.7. The quantitative estimate of drug-likeness (QED) is 0.612. The van der Waals surface area contributed by atoms with Crippen LogP contribution in [0.3, 0.4) is 0 Å². The van der Waals surface area contributed by atoms with Crippen LogP contribution in [0.5, 0.6) is 5.75 Å². The van der Waals surface area contributed by atoms with Gasteiger partial charge in [0.1, 0.15) is 5.75 Å². The van der Waals surface area contributed by atoms with Gasteiger partial charge in [0.2, 0.25) is 0 Å². The van der Waals surface area contributed by atoms with Crippen molar-refractivity contribution < 1.29 is 5.11 Å². The third kappa shape index (κ3) is 5.09. The van der Waals surface area contributed by atoms with E-state index in [-0.39, 0.29) is 0 Å². The molecule has 2 aromatic rings. The van der Waals surface area contributed by atoms with E-state index in [1.807, 2.05) is 41.3 Å². The zero-order chi connectivity index (χ0) is 13.3. The van der Waals surface area contributed by atoms with Gasteiger partial charge in [0, 0.05) is 29.0 Å². The van der Waals surface area contributed by atoms with Gasteiger partial charge >= 0.3 is 0 Å². The molecule has 0 saturated carbocycles. The van der Waals surface area contributed by atoms with Crippen LogP contribution < -0.4 is 0 Å². The molecule has 0 atom stereocenters. The van der Waals surface area contributed by atoms with E-state index in [0.717, 1.165) is 30.0 Å². The molecule has 0 spiro atoms. The summed E-state index contributed by atoms with van der Waals surface area (Å²) in [6.07, 6.45) is 2.82. The summed E-state index contributed by atoms with van der Waals surface area (Å²) in [6, 6.07) is 11.5. The number of thiophene rings is 1. The number of thioether (sulfide) groups is 1. The molecule has 0 aliphatic heterocycles. The standard InChI is InChI=1S/C15H17NOS2/c17-15-7-2-1-5-13(15)11-16-8-4-9-18-12-14-6-3-10-19-14/h1-3,5-7,10-11,17H,4,8-9,12H2. The van der Waals surface area contributed by atoms with Crippen LogP contribution in [0.25, 0.3) is 0 Å². The first-order valence-electron chi connectivity index (χ1n) is 6.24. The predicted molar refractivity (Wildman–Crippen MR) is 85.7 cm³/mol. The van der Waals surface area contributed by atoms with Crippen LogP contribution in [-0.4, -0.2) is 23.6 Å². The van der Waals surface area contributed by atoms with Crippen LogP contribution in [0.15, 0.2) is 46.8 Å². The van der Waals surface area contributed by atoms with E-state index in [0.29, 0.717) is 5.75 Å². The maximum Gasteiger partial charge on any atom is 0.124 e. The summed E-state index contributed by atoms with van der Waals surface area (Å²) in [5.74, 6) is 2.51. The van der Waals surface area contributed by atoms with E-state index in [4.69, 9.17) is 0 Å². The minimum Gasteiger partial charge on any atom is -0.507 e. The Kier molecular flexibility index (Phi) is 5.98. The summed E-state index contributed by atoms with van der Waals surface area (Å²) in [5.41, 5.74) is 0.786. The van der Waals surface area contributed by atoms with Crippen molar-refractivity contribution in [3.63, 3.8) is 0 Å². The monoisotopic (exact) mass is 291 g/mol. The Morgan fingerprint density at radius 3 is 2.89 bits per heavy atom.